The van der Waals surface area contributed by atoms with Gasteiger partial charge in [-0.2, -0.15) is 0 Å². The van der Waals surface area contributed by atoms with Crippen molar-refractivity contribution in [1.82, 2.24) is 0 Å². The van der Waals surface area contributed by atoms with Gasteiger partial charge in [0.2, 0.25) is 0 Å². The summed E-state index contributed by atoms with van der Waals surface area (Å²) >= 11 is 1.34. The van der Waals surface area contributed by atoms with Gasteiger partial charge in [0, 0.05) is 16.9 Å². The molecule has 3 rings (SSSR count). The molecule has 1 aliphatic rings. The molecule has 1 aromatic heterocycles. The van der Waals surface area contributed by atoms with Gasteiger partial charge in [-0.15, -0.1) is 11.3 Å². The maximum atomic E-state index is 11.4. The van der Waals surface area contributed by atoms with E-state index in [9.17, 15) is 9.90 Å². The molecule has 0 aliphatic heterocycles. The van der Waals surface area contributed by atoms with Gasteiger partial charge >= 0.3 is 5.97 Å². The second kappa shape index (κ2) is 6.58. The van der Waals surface area contributed by atoms with E-state index in [1.165, 1.54) is 43.4 Å². The van der Waals surface area contributed by atoms with E-state index in [0.29, 0.717) is 17.4 Å². The molecule has 3 nitrogen and oxygen atoms in total. The Morgan fingerprint density at radius 2 is 2.00 bits per heavy atom. The molecule has 0 spiro atoms. The Morgan fingerprint density at radius 3 is 2.76 bits per heavy atom. The molecule has 1 saturated carbocycles. The number of thiophene rings is 1. The highest BCUT2D eigenvalue weighted by atomic mass is 32.1. The number of carboxylic acid groups (broad SMARTS) is 1. The minimum Gasteiger partial charge on any atom is -0.477 e. The maximum Gasteiger partial charge on any atom is 0.346 e. The maximum absolute atomic E-state index is 11.4. The summed E-state index contributed by atoms with van der Waals surface area (Å²) in [4.78, 5) is 11.8. The summed E-state index contributed by atoms with van der Waals surface area (Å²) in [6.07, 6.45) is 6.44. The van der Waals surface area contributed by atoms with Crippen molar-refractivity contribution in [1.29, 1.82) is 0 Å². The minimum atomic E-state index is -0.854. The van der Waals surface area contributed by atoms with Crippen LogP contribution >= 0.6 is 11.3 Å². The highest BCUT2D eigenvalue weighted by Crippen LogP contribution is 2.32. The Balaban J connectivity index is 1.72. The number of fused-ring (bicyclic) bond motifs is 1. The van der Waals surface area contributed by atoms with E-state index >= 15 is 0 Å². The molecule has 1 N–H and O–H groups in total. The standard InChI is InChI=1S/C17H20O3S/c18-17(19)16-14(13-8-4-5-9-15(13)21-16)11-20-10-12-6-2-1-3-7-12/h4-5,8-9,12H,1-3,6-7,10-11H2,(H,18,19). The fraction of sp³-hybridized carbons (Fsp3) is 0.471. The lowest BCUT2D eigenvalue weighted by molar-refractivity contribution is 0.0662. The summed E-state index contributed by atoms with van der Waals surface area (Å²) in [6.45, 7) is 1.16. The van der Waals surface area contributed by atoms with E-state index in [1.54, 1.807) is 0 Å². The van der Waals surface area contributed by atoms with Crippen LogP contribution in [0.5, 0.6) is 0 Å². The zero-order valence-electron chi connectivity index (χ0n) is 12.0. The number of carbonyl (C=O) groups is 1. The molecule has 2 aromatic rings. The van der Waals surface area contributed by atoms with Crippen LogP contribution in [0.2, 0.25) is 0 Å². The van der Waals surface area contributed by atoms with Crippen LogP contribution in [-0.4, -0.2) is 17.7 Å². The largest absolute Gasteiger partial charge is 0.477 e. The first kappa shape index (κ1) is 14.5. The van der Waals surface area contributed by atoms with Gasteiger partial charge in [-0.05, 0) is 30.2 Å². The van der Waals surface area contributed by atoms with Gasteiger partial charge in [0.25, 0.3) is 0 Å². The third-order valence-electron chi connectivity index (χ3n) is 4.22. The highest BCUT2D eigenvalue weighted by Gasteiger charge is 2.19. The lowest BCUT2D eigenvalue weighted by Crippen LogP contribution is -2.13. The van der Waals surface area contributed by atoms with Gasteiger partial charge in [-0.1, -0.05) is 37.5 Å². The molecule has 0 unspecified atom stereocenters. The van der Waals surface area contributed by atoms with Gasteiger partial charge in [0.15, 0.2) is 0 Å². The number of hydrogen-bond donors (Lipinski definition) is 1. The van der Waals surface area contributed by atoms with Crippen LogP contribution in [0.15, 0.2) is 24.3 Å². The SMILES string of the molecule is O=C(O)c1sc2ccccc2c1COCC1CCCCC1. The van der Waals surface area contributed by atoms with E-state index in [2.05, 4.69) is 0 Å². The fourth-order valence-corrected chi connectivity index (χ4v) is 4.14. The predicted molar refractivity (Wildman–Crippen MR) is 85.0 cm³/mol. The van der Waals surface area contributed by atoms with Crippen LogP contribution in [0.4, 0.5) is 0 Å². The lowest BCUT2D eigenvalue weighted by atomic mass is 9.90. The van der Waals surface area contributed by atoms with E-state index in [-0.39, 0.29) is 0 Å². The molecule has 4 heteroatoms. The third-order valence-corrected chi connectivity index (χ3v) is 5.42. The Hall–Kier alpha value is -1.39. The second-order valence-corrected chi connectivity index (χ2v) is 6.78. The average Bonchev–Trinajstić information content (AvgIpc) is 2.88. The summed E-state index contributed by atoms with van der Waals surface area (Å²) in [7, 11) is 0. The number of ether oxygens (including phenoxy) is 1. The van der Waals surface area contributed by atoms with Crippen molar-refractivity contribution in [3.63, 3.8) is 0 Å². The molecule has 1 aromatic carbocycles. The minimum absolute atomic E-state index is 0.405. The number of aromatic carboxylic acids is 1. The van der Waals surface area contributed by atoms with Gasteiger partial charge < -0.3 is 9.84 Å². The third kappa shape index (κ3) is 3.27. The van der Waals surface area contributed by atoms with Crippen molar-refractivity contribution in [2.24, 2.45) is 5.92 Å². The molecule has 0 amide bonds. The zero-order valence-corrected chi connectivity index (χ0v) is 12.8. The van der Waals surface area contributed by atoms with Crippen LogP contribution in [-0.2, 0) is 11.3 Å². The van der Waals surface area contributed by atoms with Gasteiger partial charge in [-0.25, -0.2) is 4.79 Å². The molecule has 1 aliphatic carbocycles. The van der Waals surface area contributed by atoms with E-state index in [0.717, 1.165) is 22.3 Å². The Kier molecular flexibility index (Phi) is 4.56. The summed E-state index contributed by atoms with van der Waals surface area (Å²) in [5, 5.41) is 10.4. The van der Waals surface area contributed by atoms with Crippen LogP contribution < -0.4 is 0 Å². The molecule has 1 fully saturated rings. The number of carboxylic acids is 1. The molecule has 21 heavy (non-hydrogen) atoms. The zero-order chi connectivity index (χ0) is 14.7. The van der Waals surface area contributed by atoms with Crippen LogP contribution in [0, 0.1) is 5.92 Å². The Labute approximate surface area is 128 Å². The number of hydrogen-bond acceptors (Lipinski definition) is 3. The van der Waals surface area contributed by atoms with Crippen molar-refractivity contribution < 1.29 is 14.6 Å². The first-order chi connectivity index (χ1) is 10.3. The second-order valence-electron chi connectivity index (χ2n) is 5.73. The molecule has 0 bridgehead atoms. The molecule has 0 radical (unpaired) electrons. The summed E-state index contributed by atoms with van der Waals surface area (Å²) in [6, 6.07) is 7.84. The quantitative estimate of drug-likeness (QED) is 0.871. The summed E-state index contributed by atoms with van der Waals surface area (Å²) in [5.74, 6) is -0.204. The highest BCUT2D eigenvalue weighted by molar-refractivity contribution is 7.21. The van der Waals surface area contributed by atoms with Gasteiger partial charge in [-0.3, -0.25) is 0 Å². The van der Waals surface area contributed by atoms with E-state index in [4.69, 9.17) is 4.74 Å². The normalized spacial score (nSPS) is 16.4. The van der Waals surface area contributed by atoms with E-state index < -0.39 is 5.97 Å². The van der Waals surface area contributed by atoms with Crippen LogP contribution in [0.3, 0.4) is 0 Å². The lowest BCUT2D eigenvalue weighted by Gasteiger charge is -2.21. The first-order valence-corrected chi connectivity index (χ1v) is 8.39. The summed E-state index contributed by atoms with van der Waals surface area (Å²) in [5.41, 5.74) is 0.832. The Bertz CT molecular complexity index is 626. The molecule has 0 saturated heterocycles. The smallest absolute Gasteiger partial charge is 0.346 e. The molecular formula is C17H20O3S. The van der Waals surface area contributed by atoms with Crippen LogP contribution in [0.1, 0.15) is 47.3 Å². The monoisotopic (exact) mass is 304 g/mol. The average molecular weight is 304 g/mol. The summed E-state index contributed by atoms with van der Waals surface area (Å²) < 4.78 is 6.88. The first-order valence-electron chi connectivity index (χ1n) is 7.57. The fourth-order valence-electron chi connectivity index (χ4n) is 3.10. The molecule has 0 atom stereocenters. The number of benzene rings is 1. The predicted octanol–water partition coefficient (Wildman–Crippen LogP) is 4.70. The van der Waals surface area contributed by atoms with Crippen molar-refractivity contribution in [3.05, 3.63) is 34.7 Å². The van der Waals surface area contributed by atoms with Crippen molar-refractivity contribution in [2.75, 3.05) is 6.61 Å². The molecule has 112 valence electrons. The van der Waals surface area contributed by atoms with Crippen molar-refractivity contribution in [3.8, 4) is 0 Å². The van der Waals surface area contributed by atoms with Gasteiger partial charge in [0.05, 0.1) is 6.61 Å². The van der Waals surface area contributed by atoms with Crippen molar-refractivity contribution >= 4 is 27.4 Å². The number of rotatable bonds is 5. The van der Waals surface area contributed by atoms with E-state index in [1.807, 2.05) is 24.3 Å². The molecule has 1 heterocycles. The van der Waals surface area contributed by atoms with Gasteiger partial charge in [0.1, 0.15) is 4.88 Å². The van der Waals surface area contributed by atoms with Crippen LogP contribution in [0.25, 0.3) is 10.1 Å². The van der Waals surface area contributed by atoms with Crippen molar-refractivity contribution in [2.45, 2.75) is 38.7 Å². The topological polar surface area (TPSA) is 46.5 Å². The molecular weight excluding hydrogens is 284 g/mol. The Morgan fingerprint density at radius 1 is 1.24 bits per heavy atom.